The number of hydrogen-bond donors (Lipinski definition) is 1. The summed E-state index contributed by atoms with van der Waals surface area (Å²) in [5.74, 6) is 0. The van der Waals surface area contributed by atoms with Gasteiger partial charge in [0.25, 0.3) is 0 Å². The van der Waals surface area contributed by atoms with Crippen molar-refractivity contribution in [3.05, 3.63) is 58.7 Å². The van der Waals surface area contributed by atoms with E-state index < -0.39 is 0 Å². The zero-order valence-electron chi connectivity index (χ0n) is 13.1. The van der Waals surface area contributed by atoms with Gasteiger partial charge in [0.15, 0.2) is 0 Å². The number of nitrogens with zero attached hydrogens (tertiary/aromatic N) is 1. The summed E-state index contributed by atoms with van der Waals surface area (Å²) in [4.78, 5) is 2.25. The Balaban J connectivity index is 2.33. The molecule has 1 N–H and O–H groups in total. The number of nitrogens with one attached hydrogen (secondary N) is 1. The Bertz CT molecular complexity index is 602. The van der Waals surface area contributed by atoms with Crippen LogP contribution in [0, 0.1) is 20.8 Å². The Morgan fingerprint density at radius 1 is 0.950 bits per heavy atom. The van der Waals surface area contributed by atoms with E-state index in [4.69, 9.17) is 0 Å². The van der Waals surface area contributed by atoms with Crippen LogP contribution in [0.25, 0.3) is 0 Å². The molecule has 0 fully saturated rings. The van der Waals surface area contributed by atoms with Gasteiger partial charge in [0.05, 0.1) is 0 Å². The van der Waals surface area contributed by atoms with Crippen molar-refractivity contribution in [3.63, 3.8) is 0 Å². The molecule has 0 spiro atoms. The van der Waals surface area contributed by atoms with E-state index >= 15 is 0 Å². The minimum absolute atomic E-state index is 0.916. The molecular weight excluding hydrogens is 244 g/mol. The van der Waals surface area contributed by atoms with E-state index in [0.717, 1.165) is 6.54 Å². The molecule has 0 amide bonds. The summed E-state index contributed by atoms with van der Waals surface area (Å²) in [6.07, 6.45) is 0. The number of benzene rings is 2. The van der Waals surface area contributed by atoms with Crippen LogP contribution in [0.15, 0.2) is 36.4 Å². The van der Waals surface area contributed by atoms with Crippen LogP contribution in [0.4, 0.5) is 11.4 Å². The molecule has 20 heavy (non-hydrogen) atoms. The molecule has 0 saturated carbocycles. The molecule has 0 aliphatic carbocycles. The zero-order valence-corrected chi connectivity index (χ0v) is 13.1. The van der Waals surface area contributed by atoms with E-state index in [1.54, 1.807) is 0 Å². The van der Waals surface area contributed by atoms with Crippen molar-refractivity contribution < 1.29 is 0 Å². The third kappa shape index (κ3) is 3.02. The molecule has 0 heterocycles. The van der Waals surface area contributed by atoms with E-state index in [0.29, 0.717) is 0 Å². The molecule has 0 bridgehead atoms. The molecule has 2 heteroatoms. The number of hydrogen-bond acceptors (Lipinski definition) is 2. The third-order valence-corrected chi connectivity index (χ3v) is 3.79. The molecule has 2 nitrogen and oxygen atoms in total. The highest BCUT2D eigenvalue weighted by Gasteiger charge is 2.08. The smallest absolute Gasteiger partial charge is 0.0437 e. The van der Waals surface area contributed by atoms with Crippen LogP contribution in [0.1, 0.15) is 22.3 Å². The molecule has 0 saturated heterocycles. The first-order valence-electron chi connectivity index (χ1n) is 7.08. The van der Waals surface area contributed by atoms with Gasteiger partial charge in [-0.3, -0.25) is 0 Å². The van der Waals surface area contributed by atoms with Crippen LogP contribution >= 0.6 is 0 Å². The fraction of sp³-hybridized carbons (Fsp3) is 0.333. The second-order valence-corrected chi connectivity index (χ2v) is 5.49. The predicted octanol–water partition coefficient (Wildman–Crippen LogP) is 4.10. The van der Waals surface area contributed by atoms with Crippen molar-refractivity contribution in [2.45, 2.75) is 27.3 Å². The molecule has 0 aliphatic heterocycles. The molecule has 0 aromatic heterocycles. The van der Waals surface area contributed by atoms with Crippen LogP contribution in [0.3, 0.4) is 0 Å². The normalized spacial score (nSPS) is 10.7. The van der Waals surface area contributed by atoms with Crippen LogP contribution < -0.4 is 10.2 Å². The van der Waals surface area contributed by atoms with Crippen molar-refractivity contribution in [1.82, 2.24) is 5.32 Å². The summed E-state index contributed by atoms with van der Waals surface area (Å²) in [6.45, 7) is 7.39. The van der Waals surface area contributed by atoms with Gasteiger partial charge in [-0.05, 0) is 62.7 Å². The molecule has 0 unspecified atom stereocenters. The van der Waals surface area contributed by atoms with Gasteiger partial charge in [0, 0.05) is 25.0 Å². The highest BCUT2D eigenvalue weighted by Crippen LogP contribution is 2.28. The minimum Gasteiger partial charge on any atom is -0.344 e. The van der Waals surface area contributed by atoms with Gasteiger partial charge in [0.2, 0.25) is 0 Å². The zero-order chi connectivity index (χ0) is 14.7. The standard InChI is InChI=1S/C18H24N2/c1-13-6-9-18(15(3)10-13)20(5)17-8-7-16(12-19-4)14(2)11-17/h6-11,19H,12H2,1-5H3. The Labute approximate surface area is 122 Å². The maximum atomic E-state index is 3.21. The van der Waals surface area contributed by atoms with Crippen LogP contribution in [0.5, 0.6) is 0 Å². The van der Waals surface area contributed by atoms with Gasteiger partial charge in [-0.15, -0.1) is 0 Å². The van der Waals surface area contributed by atoms with Crippen LogP contribution in [-0.2, 0) is 6.54 Å². The first kappa shape index (κ1) is 14.6. The third-order valence-electron chi connectivity index (χ3n) is 3.79. The summed E-state index contributed by atoms with van der Waals surface area (Å²) >= 11 is 0. The average Bonchev–Trinajstić information content (AvgIpc) is 2.40. The molecule has 0 atom stereocenters. The van der Waals surface area contributed by atoms with Gasteiger partial charge < -0.3 is 10.2 Å². The first-order chi connectivity index (χ1) is 9.52. The molecule has 2 rings (SSSR count). The van der Waals surface area contributed by atoms with Crippen LogP contribution in [0.2, 0.25) is 0 Å². The lowest BCUT2D eigenvalue weighted by Crippen LogP contribution is -2.12. The first-order valence-corrected chi connectivity index (χ1v) is 7.08. The Morgan fingerprint density at radius 3 is 2.30 bits per heavy atom. The average molecular weight is 268 g/mol. The predicted molar refractivity (Wildman–Crippen MR) is 87.9 cm³/mol. The van der Waals surface area contributed by atoms with E-state index in [1.807, 2.05) is 7.05 Å². The fourth-order valence-electron chi connectivity index (χ4n) is 2.60. The SMILES string of the molecule is CNCc1ccc(N(C)c2ccc(C)cc2C)cc1C. The van der Waals surface area contributed by atoms with Gasteiger partial charge in [-0.1, -0.05) is 23.8 Å². The lowest BCUT2D eigenvalue weighted by molar-refractivity contribution is 0.812. The van der Waals surface area contributed by atoms with Crippen molar-refractivity contribution in [2.24, 2.45) is 0 Å². The highest BCUT2D eigenvalue weighted by atomic mass is 15.1. The van der Waals surface area contributed by atoms with Gasteiger partial charge >= 0.3 is 0 Å². The molecule has 0 radical (unpaired) electrons. The minimum atomic E-state index is 0.916. The fourth-order valence-corrected chi connectivity index (χ4v) is 2.60. The molecule has 2 aromatic carbocycles. The Morgan fingerprint density at radius 2 is 1.70 bits per heavy atom. The molecule has 2 aromatic rings. The van der Waals surface area contributed by atoms with Gasteiger partial charge in [0.1, 0.15) is 0 Å². The van der Waals surface area contributed by atoms with Crippen molar-refractivity contribution in [3.8, 4) is 0 Å². The van der Waals surface area contributed by atoms with Crippen LogP contribution in [-0.4, -0.2) is 14.1 Å². The van der Waals surface area contributed by atoms with Gasteiger partial charge in [-0.2, -0.15) is 0 Å². The summed E-state index contributed by atoms with van der Waals surface area (Å²) in [5, 5.41) is 3.21. The lowest BCUT2D eigenvalue weighted by Gasteiger charge is -2.23. The van der Waals surface area contributed by atoms with E-state index in [-0.39, 0.29) is 0 Å². The Kier molecular flexibility index (Phi) is 4.46. The topological polar surface area (TPSA) is 15.3 Å². The summed E-state index contributed by atoms with van der Waals surface area (Å²) in [7, 11) is 4.11. The molecule has 106 valence electrons. The quantitative estimate of drug-likeness (QED) is 0.898. The number of anilines is 2. The Hall–Kier alpha value is -1.80. The summed E-state index contributed by atoms with van der Waals surface area (Å²) in [5.41, 5.74) is 7.79. The van der Waals surface area contributed by atoms with Crippen molar-refractivity contribution in [2.75, 3.05) is 19.0 Å². The van der Waals surface area contributed by atoms with Gasteiger partial charge in [-0.25, -0.2) is 0 Å². The second kappa shape index (κ2) is 6.10. The number of aryl methyl sites for hydroxylation is 3. The van der Waals surface area contributed by atoms with Crippen molar-refractivity contribution in [1.29, 1.82) is 0 Å². The lowest BCUT2D eigenvalue weighted by atomic mass is 10.1. The van der Waals surface area contributed by atoms with Crippen molar-refractivity contribution >= 4 is 11.4 Å². The molecular formula is C18H24N2. The highest BCUT2D eigenvalue weighted by molar-refractivity contribution is 5.66. The van der Waals surface area contributed by atoms with E-state index in [1.165, 1.54) is 33.6 Å². The van der Waals surface area contributed by atoms with E-state index in [2.05, 4.69) is 74.4 Å². The summed E-state index contributed by atoms with van der Waals surface area (Å²) in [6, 6.07) is 13.3. The number of rotatable bonds is 4. The second-order valence-electron chi connectivity index (χ2n) is 5.49. The maximum absolute atomic E-state index is 3.21. The summed E-state index contributed by atoms with van der Waals surface area (Å²) < 4.78 is 0. The van der Waals surface area contributed by atoms with E-state index in [9.17, 15) is 0 Å². The largest absolute Gasteiger partial charge is 0.344 e. The monoisotopic (exact) mass is 268 g/mol. The maximum Gasteiger partial charge on any atom is 0.0437 e. The molecule has 0 aliphatic rings.